The number of likely N-dealkylation sites (N-methyl/N-ethyl adjacent to an activating group) is 1. The van der Waals surface area contributed by atoms with E-state index in [1.165, 1.54) is 6.07 Å². The molecule has 2 fully saturated rings. The number of halogens is 1. The second kappa shape index (κ2) is 8.78. The second-order valence-corrected chi connectivity index (χ2v) is 7.55. The first kappa shape index (κ1) is 19.6. The lowest BCUT2D eigenvalue weighted by Gasteiger charge is -2.37. The molecule has 0 bridgehead atoms. The van der Waals surface area contributed by atoms with E-state index < -0.39 is 0 Å². The molecule has 4 rings (SSSR count). The Morgan fingerprint density at radius 1 is 0.966 bits per heavy atom. The SMILES string of the molecule is CCN1CCN(C(=O)c2cc(N3CCN(c4ccccc4F)CC3)ccn2)CC1. The number of benzene rings is 1. The van der Waals surface area contributed by atoms with Gasteiger partial charge in [0, 0.05) is 64.2 Å². The van der Waals surface area contributed by atoms with Gasteiger partial charge in [-0.1, -0.05) is 19.1 Å². The topological polar surface area (TPSA) is 42.9 Å². The molecule has 0 atom stereocenters. The van der Waals surface area contributed by atoms with Crippen molar-refractivity contribution in [3.63, 3.8) is 0 Å². The van der Waals surface area contributed by atoms with Gasteiger partial charge in [0.2, 0.25) is 0 Å². The van der Waals surface area contributed by atoms with Crippen LogP contribution in [0.5, 0.6) is 0 Å². The maximum absolute atomic E-state index is 14.1. The summed E-state index contributed by atoms with van der Waals surface area (Å²) in [5.74, 6) is -0.173. The van der Waals surface area contributed by atoms with Crippen molar-refractivity contribution >= 4 is 17.3 Å². The van der Waals surface area contributed by atoms with Gasteiger partial charge in [0.15, 0.2) is 0 Å². The van der Waals surface area contributed by atoms with E-state index in [9.17, 15) is 9.18 Å². The highest BCUT2D eigenvalue weighted by Crippen LogP contribution is 2.23. The van der Waals surface area contributed by atoms with Crippen molar-refractivity contribution in [1.29, 1.82) is 0 Å². The summed E-state index contributed by atoms with van der Waals surface area (Å²) >= 11 is 0. The molecule has 0 aliphatic carbocycles. The summed E-state index contributed by atoms with van der Waals surface area (Å²) in [6.07, 6.45) is 1.72. The highest BCUT2D eigenvalue weighted by Gasteiger charge is 2.24. The average Bonchev–Trinajstić information content (AvgIpc) is 2.79. The molecule has 6 nitrogen and oxygen atoms in total. The second-order valence-electron chi connectivity index (χ2n) is 7.55. The highest BCUT2D eigenvalue weighted by atomic mass is 19.1. The number of pyridine rings is 1. The lowest BCUT2D eigenvalue weighted by atomic mass is 10.2. The van der Waals surface area contributed by atoms with Crippen LogP contribution in [0.25, 0.3) is 0 Å². The first-order chi connectivity index (χ1) is 14.2. The maximum atomic E-state index is 14.1. The summed E-state index contributed by atoms with van der Waals surface area (Å²) in [6.45, 7) is 9.54. The number of carbonyl (C=O) groups is 1. The molecule has 0 saturated carbocycles. The molecule has 2 aromatic rings. The Hall–Kier alpha value is -2.67. The summed E-state index contributed by atoms with van der Waals surface area (Å²) in [7, 11) is 0. The molecule has 2 saturated heterocycles. The van der Waals surface area contributed by atoms with Gasteiger partial charge in [-0.2, -0.15) is 0 Å². The number of aromatic nitrogens is 1. The predicted octanol–water partition coefficient (Wildman–Crippen LogP) is 2.33. The van der Waals surface area contributed by atoms with Crippen LogP contribution in [0.4, 0.5) is 15.8 Å². The number of nitrogens with zero attached hydrogens (tertiary/aromatic N) is 5. The third kappa shape index (κ3) is 4.34. The van der Waals surface area contributed by atoms with Gasteiger partial charge in [-0.05, 0) is 30.8 Å². The van der Waals surface area contributed by atoms with E-state index in [1.807, 2.05) is 29.2 Å². The van der Waals surface area contributed by atoms with Gasteiger partial charge >= 0.3 is 0 Å². The van der Waals surface area contributed by atoms with E-state index in [0.29, 0.717) is 11.4 Å². The lowest BCUT2D eigenvalue weighted by Crippen LogP contribution is -2.48. The predicted molar refractivity (Wildman–Crippen MR) is 113 cm³/mol. The van der Waals surface area contributed by atoms with Crippen molar-refractivity contribution in [1.82, 2.24) is 14.8 Å². The number of anilines is 2. The summed E-state index contributed by atoms with van der Waals surface area (Å²) in [5.41, 5.74) is 2.16. The molecule has 0 unspecified atom stereocenters. The van der Waals surface area contributed by atoms with Gasteiger partial charge in [0.05, 0.1) is 5.69 Å². The zero-order valence-electron chi connectivity index (χ0n) is 16.9. The van der Waals surface area contributed by atoms with Crippen LogP contribution in [0.2, 0.25) is 0 Å². The fourth-order valence-corrected chi connectivity index (χ4v) is 4.08. The van der Waals surface area contributed by atoms with E-state index in [1.54, 1.807) is 12.3 Å². The largest absolute Gasteiger partial charge is 0.368 e. The summed E-state index contributed by atoms with van der Waals surface area (Å²) < 4.78 is 14.1. The number of amides is 1. The minimum absolute atomic E-state index is 0.00703. The quantitative estimate of drug-likeness (QED) is 0.792. The third-order valence-electron chi connectivity index (χ3n) is 5.91. The van der Waals surface area contributed by atoms with Crippen LogP contribution < -0.4 is 9.80 Å². The van der Waals surface area contributed by atoms with Crippen LogP contribution in [0, 0.1) is 5.82 Å². The number of hydrogen-bond donors (Lipinski definition) is 0. The van der Waals surface area contributed by atoms with Crippen LogP contribution in [0.1, 0.15) is 17.4 Å². The monoisotopic (exact) mass is 397 g/mol. The number of rotatable bonds is 4. The third-order valence-corrected chi connectivity index (χ3v) is 5.91. The average molecular weight is 397 g/mol. The van der Waals surface area contributed by atoms with Crippen LogP contribution in [-0.4, -0.2) is 79.6 Å². The molecular formula is C22H28FN5O. The molecule has 2 aliphatic heterocycles. The molecule has 0 radical (unpaired) electrons. The van der Waals surface area contributed by atoms with E-state index in [4.69, 9.17) is 0 Å². The van der Waals surface area contributed by atoms with Gasteiger partial charge in [0.25, 0.3) is 5.91 Å². The van der Waals surface area contributed by atoms with Crippen LogP contribution in [0.3, 0.4) is 0 Å². The number of carbonyl (C=O) groups excluding carboxylic acids is 1. The molecule has 29 heavy (non-hydrogen) atoms. The molecule has 154 valence electrons. The van der Waals surface area contributed by atoms with Crippen molar-refractivity contribution in [3.05, 3.63) is 54.1 Å². The van der Waals surface area contributed by atoms with Gasteiger partial charge < -0.3 is 19.6 Å². The summed E-state index contributed by atoms with van der Waals surface area (Å²) in [5, 5.41) is 0. The van der Waals surface area contributed by atoms with Crippen LogP contribution in [0.15, 0.2) is 42.6 Å². The molecule has 0 spiro atoms. The Morgan fingerprint density at radius 2 is 1.66 bits per heavy atom. The van der Waals surface area contributed by atoms with Crippen molar-refractivity contribution in [3.8, 4) is 0 Å². The first-order valence-electron chi connectivity index (χ1n) is 10.4. The van der Waals surface area contributed by atoms with Crippen LogP contribution >= 0.6 is 0 Å². The Labute approximate surface area is 171 Å². The van der Waals surface area contributed by atoms with Gasteiger partial charge in [-0.3, -0.25) is 9.78 Å². The molecule has 2 aliphatic rings. The Morgan fingerprint density at radius 3 is 2.34 bits per heavy atom. The van der Waals surface area contributed by atoms with Crippen molar-refractivity contribution in [2.75, 3.05) is 68.7 Å². The Kier molecular flexibility index (Phi) is 5.94. The lowest BCUT2D eigenvalue weighted by molar-refractivity contribution is 0.0637. The molecule has 0 N–H and O–H groups in total. The summed E-state index contributed by atoms with van der Waals surface area (Å²) in [6, 6.07) is 10.8. The zero-order valence-corrected chi connectivity index (χ0v) is 16.9. The van der Waals surface area contributed by atoms with Crippen molar-refractivity contribution in [2.45, 2.75) is 6.92 Å². The fraction of sp³-hybridized carbons (Fsp3) is 0.455. The normalized spacial score (nSPS) is 18.2. The molecule has 1 aromatic heterocycles. The molecule has 3 heterocycles. The Balaban J connectivity index is 1.39. The zero-order chi connectivity index (χ0) is 20.2. The number of para-hydroxylation sites is 1. The van der Waals surface area contributed by atoms with Gasteiger partial charge in [-0.25, -0.2) is 4.39 Å². The van der Waals surface area contributed by atoms with E-state index in [0.717, 1.165) is 64.6 Å². The van der Waals surface area contributed by atoms with Gasteiger partial charge in [0.1, 0.15) is 11.5 Å². The van der Waals surface area contributed by atoms with E-state index in [-0.39, 0.29) is 11.7 Å². The smallest absolute Gasteiger partial charge is 0.272 e. The number of hydrogen-bond acceptors (Lipinski definition) is 5. The highest BCUT2D eigenvalue weighted by molar-refractivity contribution is 5.93. The van der Waals surface area contributed by atoms with Crippen molar-refractivity contribution in [2.24, 2.45) is 0 Å². The van der Waals surface area contributed by atoms with Gasteiger partial charge in [-0.15, -0.1) is 0 Å². The van der Waals surface area contributed by atoms with Crippen molar-refractivity contribution < 1.29 is 9.18 Å². The molecule has 1 aromatic carbocycles. The number of piperazine rings is 2. The Bertz CT molecular complexity index is 845. The fourth-order valence-electron chi connectivity index (χ4n) is 4.08. The first-order valence-corrected chi connectivity index (χ1v) is 10.4. The van der Waals surface area contributed by atoms with E-state index in [2.05, 4.69) is 26.6 Å². The molecule has 1 amide bonds. The molecular weight excluding hydrogens is 369 g/mol. The summed E-state index contributed by atoms with van der Waals surface area (Å²) in [4.78, 5) is 25.8. The maximum Gasteiger partial charge on any atom is 0.272 e. The minimum Gasteiger partial charge on any atom is -0.368 e. The standard InChI is InChI=1S/C22H28FN5O/c1-2-25-9-11-28(12-10-25)22(29)20-17-18(7-8-24-20)26-13-15-27(16-14-26)21-6-4-3-5-19(21)23/h3-8,17H,2,9-16H2,1H3. The van der Waals surface area contributed by atoms with E-state index >= 15 is 0 Å². The van der Waals surface area contributed by atoms with Crippen LogP contribution in [-0.2, 0) is 0 Å². The minimum atomic E-state index is -0.180. The molecule has 7 heteroatoms.